The Balaban J connectivity index is 3.35. The molecule has 1 aromatic rings. The SMILES string of the molecule is Cc1c(Cl)cccc1S(=O)(=O)N(CC(=O)O)C(C)C. The molecule has 0 bridgehead atoms. The predicted molar refractivity (Wildman–Crippen MR) is 72.9 cm³/mol. The Morgan fingerprint density at radius 2 is 2.00 bits per heavy atom. The maximum Gasteiger partial charge on any atom is 0.318 e. The second-order valence-electron chi connectivity index (χ2n) is 4.40. The van der Waals surface area contributed by atoms with Gasteiger partial charge in [-0.15, -0.1) is 0 Å². The number of rotatable bonds is 5. The zero-order valence-electron chi connectivity index (χ0n) is 10.9. The van der Waals surface area contributed by atoms with E-state index in [0.717, 1.165) is 4.31 Å². The molecule has 7 heteroatoms. The first kappa shape index (κ1) is 15.9. The lowest BCUT2D eigenvalue weighted by Gasteiger charge is -2.25. The van der Waals surface area contributed by atoms with Crippen molar-refractivity contribution in [3.63, 3.8) is 0 Å². The monoisotopic (exact) mass is 305 g/mol. The van der Waals surface area contributed by atoms with Crippen LogP contribution in [0.15, 0.2) is 23.1 Å². The topological polar surface area (TPSA) is 74.7 Å². The molecule has 0 amide bonds. The fourth-order valence-electron chi connectivity index (χ4n) is 1.67. The summed E-state index contributed by atoms with van der Waals surface area (Å²) in [6.45, 7) is 4.27. The van der Waals surface area contributed by atoms with Crippen LogP contribution < -0.4 is 0 Å². The van der Waals surface area contributed by atoms with Crippen LogP contribution in [0.4, 0.5) is 0 Å². The van der Waals surface area contributed by atoms with Crippen molar-refractivity contribution >= 4 is 27.6 Å². The van der Waals surface area contributed by atoms with E-state index in [1.54, 1.807) is 26.8 Å². The van der Waals surface area contributed by atoms with Crippen LogP contribution in [0.5, 0.6) is 0 Å². The van der Waals surface area contributed by atoms with Crippen molar-refractivity contribution in [2.75, 3.05) is 6.54 Å². The van der Waals surface area contributed by atoms with Gasteiger partial charge in [-0.1, -0.05) is 17.7 Å². The molecular formula is C12H16ClNO4S. The van der Waals surface area contributed by atoms with Crippen LogP contribution in [-0.4, -0.2) is 36.4 Å². The maximum atomic E-state index is 12.5. The lowest BCUT2D eigenvalue weighted by atomic mass is 10.2. The number of aliphatic carboxylic acids is 1. The molecule has 1 N–H and O–H groups in total. The summed E-state index contributed by atoms with van der Waals surface area (Å²) in [5.74, 6) is -1.20. The number of nitrogens with zero attached hydrogens (tertiary/aromatic N) is 1. The molecule has 0 aliphatic rings. The number of hydrogen-bond donors (Lipinski definition) is 1. The lowest BCUT2D eigenvalue weighted by Crippen LogP contribution is -2.40. The first-order valence-corrected chi connectivity index (χ1v) is 7.48. The van der Waals surface area contributed by atoms with E-state index in [2.05, 4.69) is 0 Å². The lowest BCUT2D eigenvalue weighted by molar-refractivity contribution is -0.137. The van der Waals surface area contributed by atoms with Gasteiger partial charge in [-0.3, -0.25) is 4.79 Å². The van der Waals surface area contributed by atoms with Gasteiger partial charge >= 0.3 is 5.97 Å². The van der Waals surface area contributed by atoms with Gasteiger partial charge in [0.2, 0.25) is 10.0 Å². The predicted octanol–water partition coefficient (Wildman–Crippen LogP) is 2.13. The third kappa shape index (κ3) is 3.46. The Morgan fingerprint density at radius 1 is 1.42 bits per heavy atom. The average molecular weight is 306 g/mol. The molecule has 0 aromatic heterocycles. The van der Waals surface area contributed by atoms with E-state index in [0.29, 0.717) is 10.6 Å². The summed E-state index contributed by atoms with van der Waals surface area (Å²) in [6.07, 6.45) is 0. The molecule has 0 fully saturated rings. The molecule has 1 aromatic carbocycles. The molecule has 19 heavy (non-hydrogen) atoms. The first-order chi connectivity index (χ1) is 8.67. The normalized spacial score (nSPS) is 12.1. The van der Waals surface area contributed by atoms with Gasteiger partial charge in [-0.05, 0) is 38.5 Å². The summed E-state index contributed by atoms with van der Waals surface area (Å²) in [5.41, 5.74) is 0.417. The van der Waals surface area contributed by atoms with E-state index in [1.165, 1.54) is 12.1 Å². The van der Waals surface area contributed by atoms with E-state index in [1.807, 2.05) is 0 Å². The number of carboxylic acids is 1. The second-order valence-corrected chi connectivity index (χ2v) is 6.67. The molecular weight excluding hydrogens is 290 g/mol. The molecule has 0 saturated heterocycles. The fourth-order valence-corrected chi connectivity index (χ4v) is 3.74. The van der Waals surface area contributed by atoms with E-state index < -0.39 is 28.6 Å². The molecule has 5 nitrogen and oxygen atoms in total. The van der Waals surface area contributed by atoms with Gasteiger partial charge in [0.1, 0.15) is 6.54 Å². The molecule has 0 atom stereocenters. The highest BCUT2D eigenvalue weighted by atomic mass is 35.5. The largest absolute Gasteiger partial charge is 0.480 e. The second kappa shape index (κ2) is 5.90. The summed E-state index contributed by atoms with van der Waals surface area (Å²) in [4.78, 5) is 10.8. The van der Waals surface area contributed by atoms with Gasteiger partial charge in [0.25, 0.3) is 0 Å². The minimum Gasteiger partial charge on any atom is -0.480 e. The number of halogens is 1. The Kier molecular flexibility index (Phi) is 4.95. The molecule has 1 rings (SSSR count). The molecule has 106 valence electrons. The Labute approximate surface area is 117 Å². The van der Waals surface area contributed by atoms with Crippen molar-refractivity contribution in [2.45, 2.75) is 31.7 Å². The van der Waals surface area contributed by atoms with Gasteiger partial charge in [0.15, 0.2) is 0 Å². The molecule has 0 radical (unpaired) electrons. The highest BCUT2D eigenvalue weighted by molar-refractivity contribution is 7.89. The van der Waals surface area contributed by atoms with Crippen molar-refractivity contribution in [3.05, 3.63) is 28.8 Å². The molecule has 0 aliphatic carbocycles. The third-order valence-electron chi connectivity index (χ3n) is 2.67. The smallest absolute Gasteiger partial charge is 0.318 e. The quantitative estimate of drug-likeness (QED) is 0.904. The summed E-state index contributed by atoms with van der Waals surface area (Å²) < 4.78 is 25.9. The zero-order valence-corrected chi connectivity index (χ0v) is 12.5. The van der Waals surface area contributed by atoms with Crippen LogP contribution in [0, 0.1) is 6.92 Å². The number of carbonyl (C=O) groups is 1. The maximum absolute atomic E-state index is 12.5. The molecule has 0 unspecified atom stereocenters. The highest BCUT2D eigenvalue weighted by Crippen LogP contribution is 2.26. The standard InChI is InChI=1S/C12H16ClNO4S/c1-8(2)14(7-12(15)16)19(17,18)11-6-4-5-10(13)9(11)3/h4-6,8H,7H2,1-3H3,(H,15,16). The van der Waals surface area contributed by atoms with Gasteiger partial charge in [0.05, 0.1) is 4.90 Å². The van der Waals surface area contributed by atoms with E-state index >= 15 is 0 Å². The Morgan fingerprint density at radius 3 is 2.47 bits per heavy atom. The summed E-state index contributed by atoms with van der Waals surface area (Å²) in [7, 11) is -3.88. The number of sulfonamides is 1. The summed E-state index contributed by atoms with van der Waals surface area (Å²) >= 11 is 5.91. The van der Waals surface area contributed by atoms with Crippen LogP contribution >= 0.6 is 11.6 Å². The third-order valence-corrected chi connectivity index (χ3v) is 5.25. The Hall–Kier alpha value is -1.11. The van der Waals surface area contributed by atoms with Gasteiger partial charge < -0.3 is 5.11 Å². The Bertz CT molecular complexity index is 583. The van der Waals surface area contributed by atoms with Gasteiger partial charge in [-0.25, -0.2) is 8.42 Å². The van der Waals surface area contributed by atoms with Crippen molar-refractivity contribution in [1.29, 1.82) is 0 Å². The highest BCUT2D eigenvalue weighted by Gasteiger charge is 2.30. The molecule has 0 spiro atoms. The van der Waals surface area contributed by atoms with Crippen LogP contribution in [0.1, 0.15) is 19.4 Å². The molecule has 0 aliphatic heterocycles. The molecule has 0 heterocycles. The van der Waals surface area contributed by atoms with E-state index in [-0.39, 0.29) is 4.90 Å². The van der Waals surface area contributed by atoms with Crippen LogP contribution in [0.3, 0.4) is 0 Å². The van der Waals surface area contributed by atoms with Gasteiger partial charge in [0, 0.05) is 11.1 Å². The summed E-state index contributed by atoms with van der Waals surface area (Å²) in [5, 5.41) is 9.17. The summed E-state index contributed by atoms with van der Waals surface area (Å²) in [6, 6.07) is 4.08. The van der Waals surface area contributed by atoms with Crippen LogP contribution in [0.25, 0.3) is 0 Å². The minimum absolute atomic E-state index is 0.0370. The minimum atomic E-state index is -3.88. The number of hydrogen-bond acceptors (Lipinski definition) is 3. The van der Waals surface area contributed by atoms with Crippen LogP contribution in [-0.2, 0) is 14.8 Å². The molecule has 0 saturated carbocycles. The first-order valence-electron chi connectivity index (χ1n) is 5.66. The van der Waals surface area contributed by atoms with Crippen molar-refractivity contribution in [1.82, 2.24) is 4.31 Å². The average Bonchev–Trinajstić information content (AvgIpc) is 2.28. The van der Waals surface area contributed by atoms with Crippen LogP contribution in [0.2, 0.25) is 5.02 Å². The van der Waals surface area contributed by atoms with Crippen molar-refractivity contribution < 1.29 is 18.3 Å². The fraction of sp³-hybridized carbons (Fsp3) is 0.417. The van der Waals surface area contributed by atoms with Crippen molar-refractivity contribution in [2.24, 2.45) is 0 Å². The van der Waals surface area contributed by atoms with Crippen molar-refractivity contribution in [3.8, 4) is 0 Å². The van der Waals surface area contributed by atoms with Gasteiger partial charge in [-0.2, -0.15) is 4.31 Å². The zero-order chi connectivity index (χ0) is 14.8. The van der Waals surface area contributed by atoms with E-state index in [9.17, 15) is 13.2 Å². The van der Waals surface area contributed by atoms with E-state index in [4.69, 9.17) is 16.7 Å². The number of carboxylic acid groups (broad SMARTS) is 1. The number of benzene rings is 1.